The van der Waals surface area contributed by atoms with Crippen molar-refractivity contribution >= 4 is 43.9 Å². The van der Waals surface area contributed by atoms with Crippen molar-refractivity contribution in [3.8, 4) is 0 Å². The molecule has 1 aliphatic heterocycles. The highest BCUT2D eigenvalue weighted by atomic mass is 32.2. The summed E-state index contributed by atoms with van der Waals surface area (Å²) in [6, 6.07) is 8.26. The van der Waals surface area contributed by atoms with Crippen molar-refractivity contribution in [1.82, 2.24) is 4.90 Å². The highest BCUT2D eigenvalue weighted by molar-refractivity contribution is 7.85. The van der Waals surface area contributed by atoms with Crippen LogP contribution in [0.25, 0.3) is 0 Å². The standard InChI is InChI=1S/C19H49N2O3Si4.C6H6O3S.C2H6.4CH4/c1-13-20(3)19-18-21(19,14-2)16-15-17-28(12,23-26(7,8)9)24-27(10,11)22-25(4,5)6;7-10(8,9)6-4-2-1-3-5-6;1-2;;;;/h19H,13-18H2,1-12H3;1-5H,(H,7,8,9);1-2H3;4*1H4/q+1;;;;;;/p-1. The predicted octanol–water partition coefficient (Wildman–Crippen LogP) is 9.16. The van der Waals surface area contributed by atoms with Gasteiger partial charge in [0.15, 0.2) is 22.8 Å². The van der Waals surface area contributed by atoms with Crippen molar-refractivity contribution in [2.75, 3.05) is 33.2 Å². The van der Waals surface area contributed by atoms with Crippen LogP contribution in [-0.4, -0.2) is 95.5 Å². The zero-order valence-electron chi connectivity index (χ0n) is 28.0. The first-order valence-electron chi connectivity index (χ1n) is 14.7. The van der Waals surface area contributed by atoms with Crippen molar-refractivity contribution in [2.24, 2.45) is 0 Å². The average Bonchev–Trinajstić information content (AvgIpc) is 3.51. The van der Waals surface area contributed by atoms with E-state index < -0.39 is 43.9 Å². The maximum Gasteiger partial charge on any atom is 0.316 e. The third-order valence-corrected chi connectivity index (χ3v) is 20.9. The van der Waals surface area contributed by atoms with Crippen LogP contribution in [0.2, 0.25) is 65.0 Å². The van der Waals surface area contributed by atoms with E-state index in [1.165, 1.54) is 54.8 Å². The highest BCUT2D eigenvalue weighted by Crippen LogP contribution is 2.35. The topological polar surface area (TPSA) is 88.1 Å². The molecule has 1 aromatic carbocycles. The van der Waals surface area contributed by atoms with E-state index in [9.17, 15) is 13.0 Å². The monoisotopic (exact) mass is 716 g/mol. The molecule has 0 aromatic heterocycles. The Morgan fingerprint density at radius 1 is 0.841 bits per heavy atom. The van der Waals surface area contributed by atoms with Crippen LogP contribution in [0.3, 0.4) is 0 Å². The number of benzene rings is 1. The third kappa shape index (κ3) is 20.8. The summed E-state index contributed by atoms with van der Waals surface area (Å²) in [5.41, 5.74) is 0. The molecule has 0 saturated carbocycles. The summed E-state index contributed by atoms with van der Waals surface area (Å²) in [6.07, 6.45) is 1.90. The van der Waals surface area contributed by atoms with E-state index in [2.05, 4.69) is 84.7 Å². The van der Waals surface area contributed by atoms with Crippen LogP contribution in [0.4, 0.5) is 0 Å². The van der Waals surface area contributed by atoms with Crippen molar-refractivity contribution in [1.29, 1.82) is 0 Å². The molecule has 0 bridgehead atoms. The number of likely N-dealkylation sites (N-methyl/N-ethyl adjacent to an activating group) is 2. The second-order valence-electron chi connectivity index (χ2n) is 12.9. The van der Waals surface area contributed by atoms with Crippen LogP contribution in [0, 0.1) is 0 Å². The molecular formula is C31H76N2O6SSi4. The maximum atomic E-state index is 10.3. The highest BCUT2D eigenvalue weighted by Gasteiger charge is 2.55. The van der Waals surface area contributed by atoms with Gasteiger partial charge in [0.25, 0.3) is 0 Å². The molecule has 268 valence electrons. The van der Waals surface area contributed by atoms with Gasteiger partial charge < -0.3 is 16.9 Å². The number of quaternary nitrogens is 1. The van der Waals surface area contributed by atoms with Crippen molar-refractivity contribution < 1.29 is 29.8 Å². The molecule has 0 amide bonds. The molecular weight excluding hydrogens is 641 g/mol. The molecule has 0 spiro atoms. The van der Waals surface area contributed by atoms with Crippen LogP contribution in [-0.2, 0) is 22.5 Å². The second kappa shape index (κ2) is 21.6. The van der Waals surface area contributed by atoms with Crippen molar-refractivity contribution in [3.05, 3.63) is 30.3 Å². The minimum Gasteiger partial charge on any atom is -0.744 e. The second-order valence-corrected chi connectivity index (χ2v) is 30.8. The van der Waals surface area contributed by atoms with Gasteiger partial charge in [-0.15, -0.1) is 0 Å². The van der Waals surface area contributed by atoms with Gasteiger partial charge in [-0.3, -0.25) is 9.38 Å². The van der Waals surface area contributed by atoms with Crippen LogP contribution in [0.1, 0.15) is 63.8 Å². The maximum absolute atomic E-state index is 10.3. The zero-order chi connectivity index (χ0) is 31.6. The van der Waals surface area contributed by atoms with Gasteiger partial charge in [-0.25, -0.2) is 8.42 Å². The SMILES string of the molecule is C.C.C.C.CC.CCN(C)C1C[N+]1(CC)CCC[Si](C)(O[Si](C)(C)C)O[Si](C)(C)O[Si](C)(C)C.O=S(=O)([O-])c1ccccc1. The Morgan fingerprint density at radius 3 is 1.64 bits per heavy atom. The minimum atomic E-state index is -4.25. The Hall–Kier alpha value is -0.202. The molecule has 1 fully saturated rings. The van der Waals surface area contributed by atoms with E-state index in [4.69, 9.17) is 12.3 Å². The largest absolute Gasteiger partial charge is 0.744 e. The summed E-state index contributed by atoms with van der Waals surface area (Å²) in [4.78, 5) is 2.32. The normalized spacial score (nSPS) is 19.1. The Balaban J connectivity index is -0.000000269. The first-order valence-corrected chi connectivity index (χ1v) is 28.3. The molecule has 3 unspecified atom stereocenters. The lowest BCUT2D eigenvalue weighted by atomic mass is 10.4. The van der Waals surface area contributed by atoms with Gasteiger partial charge in [-0.05, 0) is 97.5 Å². The molecule has 1 aromatic rings. The van der Waals surface area contributed by atoms with E-state index in [1.54, 1.807) is 6.07 Å². The van der Waals surface area contributed by atoms with Gasteiger partial charge in [0.2, 0.25) is 0 Å². The van der Waals surface area contributed by atoms with Crippen LogP contribution >= 0.6 is 0 Å². The van der Waals surface area contributed by atoms with Crippen LogP contribution in [0.5, 0.6) is 0 Å². The Kier molecular flexibility index (Phi) is 26.2. The minimum absolute atomic E-state index is 0. The summed E-state index contributed by atoms with van der Waals surface area (Å²) in [5.74, 6) is 0. The fourth-order valence-electron chi connectivity index (χ4n) is 5.14. The first-order chi connectivity index (χ1) is 18.1. The molecule has 3 atom stereocenters. The summed E-state index contributed by atoms with van der Waals surface area (Å²) in [7, 11) is -9.75. The molecule has 0 N–H and O–H groups in total. The van der Waals surface area contributed by atoms with Gasteiger partial charge in [0, 0.05) is 6.54 Å². The smallest absolute Gasteiger partial charge is 0.316 e. The lowest BCUT2D eigenvalue weighted by molar-refractivity contribution is -0.819. The number of hydrogen-bond donors (Lipinski definition) is 0. The predicted molar refractivity (Wildman–Crippen MR) is 204 cm³/mol. The summed E-state index contributed by atoms with van der Waals surface area (Å²) >= 11 is 0. The van der Waals surface area contributed by atoms with Crippen molar-refractivity contribution in [3.63, 3.8) is 0 Å². The molecule has 0 aliphatic carbocycles. The van der Waals surface area contributed by atoms with E-state index in [0.29, 0.717) is 6.17 Å². The summed E-state index contributed by atoms with van der Waals surface area (Å²) in [6.45, 7) is 33.8. The third-order valence-electron chi connectivity index (χ3n) is 6.46. The fraction of sp³-hybridized carbons (Fsp3) is 0.806. The Morgan fingerprint density at radius 2 is 1.30 bits per heavy atom. The van der Waals surface area contributed by atoms with Crippen molar-refractivity contribution in [2.45, 2.75) is 140 Å². The van der Waals surface area contributed by atoms with E-state index in [0.717, 1.165) is 12.6 Å². The number of hydrogen-bond acceptors (Lipinski definition) is 7. The Bertz CT molecular complexity index is 976. The lowest BCUT2D eigenvalue weighted by Crippen LogP contribution is -2.57. The molecule has 1 aliphatic rings. The summed E-state index contributed by atoms with van der Waals surface area (Å²) in [5, 5.41) is 0. The van der Waals surface area contributed by atoms with E-state index >= 15 is 0 Å². The molecule has 1 heterocycles. The molecule has 0 radical (unpaired) electrons. The molecule has 1 saturated heterocycles. The van der Waals surface area contributed by atoms with E-state index in [-0.39, 0.29) is 34.6 Å². The lowest BCUT2D eigenvalue weighted by Gasteiger charge is -2.41. The quantitative estimate of drug-likeness (QED) is 0.0821. The van der Waals surface area contributed by atoms with Gasteiger partial charge >= 0.3 is 17.1 Å². The van der Waals surface area contributed by atoms with E-state index in [1.807, 2.05) is 13.8 Å². The first kappa shape index (κ1) is 53.3. The molecule has 44 heavy (non-hydrogen) atoms. The average molecular weight is 717 g/mol. The van der Waals surface area contributed by atoms with Crippen LogP contribution < -0.4 is 0 Å². The Labute approximate surface area is 281 Å². The van der Waals surface area contributed by atoms with Gasteiger partial charge in [-0.2, -0.15) is 0 Å². The van der Waals surface area contributed by atoms with Gasteiger partial charge in [-0.1, -0.05) is 68.7 Å². The molecule has 13 heteroatoms. The number of nitrogens with zero attached hydrogens (tertiary/aromatic N) is 2. The number of rotatable bonds is 14. The van der Waals surface area contributed by atoms with Gasteiger partial charge in [0.1, 0.15) is 16.7 Å². The molecule has 8 nitrogen and oxygen atoms in total. The summed E-state index contributed by atoms with van der Waals surface area (Å²) < 4.78 is 52.1. The fourth-order valence-corrected chi connectivity index (χ4v) is 23.6. The van der Waals surface area contributed by atoms with Crippen LogP contribution in [0.15, 0.2) is 35.2 Å². The van der Waals surface area contributed by atoms with Gasteiger partial charge in [0.05, 0.1) is 18.0 Å². The molecule has 2 rings (SSSR count). The zero-order valence-corrected chi connectivity index (χ0v) is 32.8.